The number of fused-ring (bicyclic) bond motifs is 1. The molecule has 0 fully saturated rings. The van der Waals surface area contributed by atoms with Gasteiger partial charge in [-0.05, 0) is 47.8 Å². The van der Waals surface area contributed by atoms with Crippen molar-refractivity contribution in [2.75, 3.05) is 6.61 Å². The van der Waals surface area contributed by atoms with E-state index in [1.165, 1.54) is 11.1 Å². The van der Waals surface area contributed by atoms with E-state index in [1.54, 1.807) is 0 Å². The zero-order valence-corrected chi connectivity index (χ0v) is 14.9. The highest BCUT2D eigenvalue weighted by atomic mass is 35.5. The number of benzene rings is 1. The molecule has 0 aliphatic carbocycles. The summed E-state index contributed by atoms with van der Waals surface area (Å²) in [4.78, 5) is 0. The Hall–Kier alpha value is -0.353. The zero-order chi connectivity index (χ0) is 15.0. The van der Waals surface area contributed by atoms with E-state index in [0.717, 1.165) is 18.1 Å². The fourth-order valence-electron chi connectivity index (χ4n) is 2.17. The van der Waals surface area contributed by atoms with E-state index < -0.39 is 8.32 Å². The minimum absolute atomic E-state index is 0.159. The van der Waals surface area contributed by atoms with Gasteiger partial charge in [-0.1, -0.05) is 38.4 Å². The smallest absolute Gasteiger partial charge is 0.191 e. The summed E-state index contributed by atoms with van der Waals surface area (Å²) < 4.78 is 12.1. The second kappa shape index (κ2) is 5.80. The Kier molecular flexibility index (Phi) is 4.65. The molecule has 0 amide bonds. The summed E-state index contributed by atoms with van der Waals surface area (Å²) in [5, 5.41) is 1.04. The zero-order valence-electron chi connectivity index (χ0n) is 13.1. The van der Waals surface area contributed by atoms with Crippen LogP contribution in [0.3, 0.4) is 0 Å². The van der Waals surface area contributed by atoms with Gasteiger partial charge in [0.1, 0.15) is 0 Å². The van der Waals surface area contributed by atoms with Crippen molar-refractivity contribution in [3.05, 3.63) is 34.3 Å². The summed E-state index contributed by atoms with van der Waals surface area (Å²) >= 11 is 6.01. The van der Waals surface area contributed by atoms with Crippen LogP contribution in [-0.4, -0.2) is 14.9 Å². The van der Waals surface area contributed by atoms with Gasteiger partial charge in [-0.15, -0.1) is 0 Å². The van der Waals surface area contributed by atoms with Crippen molar-refractivity contribution in [3.8, 4) is 0 Å². The summed E-state index contributed by atoms with van der Waals surface area (Å²) in [6.45, 7) is 12.8. The fraction of sp³-hybridized carbons (Fsp3) is 0.625. The van der Waals surface area contributed by atoms with Crippen LogP contribution in [0.1, 0.15) is 44.4 Å². The highest BCUT2D eigenvalue weighted by Gasteiger charge is 2.37. The predicted molar refractivity (Wildman–Crippen MR) is 86.7 cm³/mol. The number of ether oxygens (including phenoxy) is 1. The van der Waals surface area contributed by atoms with Crippen LogP contribution in [-0.2, 0) is 15.8 Å². The maximum absolute atomic E-state index is 6.23. The van der Waals surface area contributed by atoms with E-state index in [9.17, 15) is 0 Å². The third-order valence-corrected chi connectivity index (χ3v) is 9.31. The quantitative estimate of drug-likeness (QED) is 0.700. The number of hydrogen-bond donors (Lipinski definition) is 0. The summed E-state index contributed by atoms with van der Waals surface area (Å²) in [5.41, 5.74) is 2.49. The molecular formula is C16H25ClO2Si. The van der Waals surface area contributed by atoms with Gasteiger partial charge >= 0.3 is 0 Å². The molecular weight excluding hydrogens is 288 g/mol. The number of rotatable bonds is 4. The van der Waals surface area contributed by atoms with E-state index in [0.29, 0.717) is 6.61 Å². The maximum Gasteiger partial charge on any atom is 0.191 e. The second-order valence-electron chi connectivity index (χ2n) is 7.04. The van der Waals surface area contributed by atoms with Crippen LogP contribution in [0.2, 0.25) is 23.2 Å². The van der Waals surface area contributed by atoms with E-state index in [4.69, 9.17) is 20.8 Å². The first kappa shape index (κ1) is 16.0. The average Bonchev–Trinajstić information content (AvgIpc) is 2.70. The summed E-state index contributed by atoms with van der Waals surface area (Å²) in [7, 11) is -1.65. The molecule has 0 bridgehead atoms. The molecule has 1 aliphatic heterocycles. The molecule has 4 heteroatoms. The first-order chi connectivity index (χ1) is 9.21. The van der Waals surface area contributed by atoms with E-state index in [-0.39, 0.29) is 11.1 Å². The highest BCUT2D eigenvalue weighted by molar-refractivity contribution is 6.74. The van der Waals surface area contributed by atoms with Gasteiger partial charge in [0.25, 0.3) is 0 Å². The van der Waals surface area contributed by atoms with Crippen molar-refractivity contribution in [2.24, 2.45) is 0 Å². The highest BCUT2D eigenvalue weighted by Crippen LogP contribution is 2.38. The van der Waals surface area contributed by atoms with Crippen LogP contribution < -0.4 is 0 Å². The van der Waals surface area contributed by atoms with Gasteiger partial charge in [-0.25, -0.2) is 0 Å². The van der Waals surface area contributed by atoms with Gasteiger partial charge in [-0.3, -0.25) is 0 Å². The van der Waals surface area contributed by atoms with Crippen LogP contribution in [0.4, 0.5) is 0 Å². The van der Waals surface area contributed by atoms with Crippen LogP contribution in [0.15, 0.2) is 18.2 Å². The lowest BCUT2D eigenvalue weighted by Crippen LogP contribution is -2.41. The van der Waals surface area contributed by atoms with Crippen molar-refractivity contribution in [2.45, 2.75) is 58.0 Å². The molecule has 1 aromatic rings. The minimum atomic E-state index is -1.65. The SMILES string of the molecule is CC(C)(C)[Si](C)(C)OCCC1OCc2cc(Cl)ccc21. The monoisotopic (exact) mass is 312 g/mol. The van der Waals surface area contributed by atoms with Crippen LogP contribution in [0.25, 0.3) is 0 Å². The molecule has 112 valence electrons. The van der Waals surface area contributed by atoms with Gasteiger partial charge in [0, 0.05) is 11.6 Å². The van der Waals surface area contributed by atoms with Crippen molar-refractivity contribution < 1.29 is 9.16 Å². The largest absolute Gasteiger partial charge is 0.417 e. The van der Waals surface area contributed by atoms with Gasteiger partial charge in [0.2, 0.25) is 0 Å². The Labute approximate surface area is 128 Å². The third-order valence-electron chi connectivity index (χ3n) is 4.54. The van der Waals surface area contributed by atoms with E-state index >= 15 is 0 Å². The molecule has 20 heavy (non-hydrogen) atoms. The first-order valence-electron chi connectivity index (χ1n) is 7.24. The van der Waals surface area contributed by atoms with Gasteiger partial charge in [0.05, 0.1) is 12.7 Å². The Morgan fingerprint density at radius 2 is 2.05 bits per heavy atom. The van der Waals surface area contributed by atoms with Crippen molar-refractivity contribution in [3.63, 3.8) is 0 Å². The lowest BCUT2D eigenvalue weighted by Gasteiger charge is -2.36. The summed E-state index contributed by atoms with van der Waals surface area (Å²) in [6, 6.07) is 6.03. The van der Waals surface area contributed by atoms with Gasteiger partial charge in [-0.2, -0.15) is 0 Å². The van der Waals surface area contributed by atoms with Crippen molar-refractivity contribution in [1.82, 2.24) is 0 Å². The molecule has 0 aromatic heterocycles. The Balaban J connectivity index is 1.92. The lowest BCUT2D eigenvalue weighted by atomic mass is 10.0. The molecule has 0 radical (unpaired) electrons. The molecule has 2 rings (SSSR count). The molecule has 1 atom stereocenters. The Morgan fingerprint density at radius 3 is 2.70 bits per heavy atom. The Morgan fingerprint density at radius 1 is 1.35 bits per heavy atom. The molecule has 0 saturated carbocycles. The molecule has 0 spiro atoms. The van der Waals surface area contributed by atoms with E-state index in [2.05, 4.69) is 39.9 Å². The molecule has 0 saturated heterocycles. The standard InChI is InChI=1S/C16H25ClO2Si/c1-16(2,3)20(4,5)19-9-8-15-14-7-6-13(17)10-12(14)11-18-15/h6-7,10,15H,8-9,11H2,1-5H3. The summed E-state index contributed by atoms with van der Waals surface area (Å²) in [5.74, 6) is 0. The number of hydrogen-bond acceptors (Lipinski definition) is 2. The van der Waals surface area contributed by atoms with Gasteiger partial charge < -0.3 is 9.16 Å². The predicted octanol–water partition coefficient (Wildman–Crippen LogP) is 5.32. The number of halogens is 1. The molecule has 1 aliphatic rings. The average molecular weight is 313 g/mol. The molecule has 2 nitrogen and oxygen atoms in total. The maximum atomic E-state index is 6.23. The van der Waals surface area contributed by atoms with Crippen LogP contribution in [0, 0.1) is 0 Å². The summed E-state index contributed by atoms with van der Waals surface area (Å²) in [6.07, 6.45) is 1.08. The van der Waals surface area contributed by atoms with E-state index in [1.807, 2.05) is 12.1 Å². The molecule has 0 N–H and O–H groups in total. The topological polar surface area (TPSA) is 18.5 Å². The van der Waals surface area contributed by atoms with Crippen LogP contribution >= 0.6 is 11.6 Å². The first-order valence-corrected chi connectivity index (χ1v) is 10.5. The minimum Gasteiger partial charge on any atom is -0.417 e. The van der Waals surface area contributed by atoms with Gasteiger partial charge in [0.15, 0.2) is 8.32 Å². The molecule has 1 heterocycles. The normalized spacial score (nSPS) is 19.2. The van der Waals surface area contributed by atoms with Crippen molar-refractivity contribution >= 4 is 19.9 Å². The Bertz CT molecular complexity index is 480. The lowest BCUT2D eigenvalue weighted by molar-refractivity contribution is 0.0484. The van der Waals surface area contributed by atoms with Crippen LogP contribution in [0.5, 0.6) is 0 Å². The van der Waals surface area contributed by atoms with Crippen molar-refractivity contribution in [1.29, 1.82) is 0 Å². The molecule has 1 unspecified atom stereocenters. The molecule has 1 aromatic carbocycles. The third kappa shape index (κ3) is 3.45. The second-order valence-corrected chi connectivity index (χ2v) is 12.3. The fourth-order valence-corrected chi connectivity index (χ4v) is 3.43.